The molecule has 0 aliphatic rings. The molecule has 18 heavy (non-hydrogen) atoms. The molecule has 3 nitrogen and oxygen atoms in total. The van der Waals surface area contributed by atoms with E-state index in [0.717, 1.165) is 6.07 Å². The third-order valence-corrected chi connectivity index (χ3v) is 3.06. The Morgan fingerprint density at radius 1 is 1.44 bits per heavy atom. The molecule has 1 aromatic carbocycles. The van der Waals surface area contributed by atoms with Gasteiger partial charge in [-0.3, -0.25) is 4.79 Å². The molecule has 100 valence electrons. The molecule has 1 atom stereocenters. The molecule has 0 aliphatic carbocycles. The minimum absolute atomic E-state index is 0.100. The highest BCUT2D eigenvalue weighted by Crippen LogP contribution is 2.38. The van der Waals surface area contributed by atoms with Gasteiger partial charge in [-0.05, 0) is 40.0 Å². The van der Waals surface area contributed by atoms with Crippen molar-refractivity contribution in [1.82, 2.24) is 0 Å². The van der Waals surface area contributed by atoms with Gasteiger partial charge in [0.2, 0.25) is 0 Å². The molecule has 0 radical (unpaired) electrons. The van der Waals surface area contributed by atoms with Crippen LogP contribution in [-0.4, -0.2) is 16.2 Å². The van der Waals surface area contributed by atoms with Crippen LogP contribution in [0.25, 0.3) is 0 Å². The van der Waals surface area contributed by atoms with E-state index >= 15 is 0 Å². The fourth-order valence-electron chi connectivity index (χ4n) is 1.45. The van der Waals surface area contributed by atoms with Crippen molar-refractivity contribution in [3.05, 3.63) is 27.7 Å². The van der Waals surface area contributed by atoms with Gasteiger partial charge in [0, 0.05) is 0 Å². The summed E-state index contributed by atoms with van der Waals surface area (Å²) in [5.41, 5.74) is -1.18. The first-order valence-corrected chi connectivity index (χ1v) is 5.73. The third kappa shape index (κ3) is 3.38. The van der Waals surface area contributed by atoms with E-state index in [9.17, 15) is 23.1 Å². The van der Waals surface area contributed by atoms with Crippen LogP contribution in [0.4, 0.5) is 13.2 Å². The van der Waals surface area contributed by atoms with Gasteiger partial charge in [-0.25, -0.2) is 0 Å². The molecule has 0 spiro atoms. The van der Waals surface area contributed by atoms with Gasteiger partial charge in [0.1, 0.15) is 5.75 Å². The number of halogens is 4. The maximum absolute atomic E-state index is 12.7. The molecular formula is C11H10BrF3O3. The van der Waals surface area contributed by atoms with Crippen LogP contribution >= 0.6 is 15.9 Å². The number of carboxylic acids is 1. The largest absolute Gasteiger partial charge is 0.507 e. The minimum atomic E-state index is -4.63. The predicted octanol–water partition coefficient (Wildman–Crippen LogP) is 3.44. The van der Waals surface area contributed by atoms with Crippen LogP contribution in [0.1, 0.15) is 18.1 Å². The Morgan fingerprint density at radius 3 is 2.44 bits per heavy atom. The molecule has 0 saturated heterocycles. The van der Waals surface area contributed by atoms with Crippen molar-refractivity contribution in [3.63, 3.8) is 0 Å². The van der Waals surface area contributed by atoms with Crippen LogP contribution in [0.3, 0.4) is 0 Å². The Kier molecular flexibility index (Phi) is 4.26. The van der Waals surface area contributed by atoms with E-state index in [1.165, 1.54) is 6.92 Å². The van der Waals surface area contributed by atoms with Crippen LogP contribution in [0.2, 0.25) is 0 Å². The maximum atomic E-state index is 12.7. The standard InChI is InChI=1S/C11H10BrF3O3/c1-5(10(17)18)2-6-3-8(12)9(16)4-7(6)11(13,14)15/h3-5,16H,2H2,1H3,(H,17,18). The molecule has 0 saturated carbocycles. The number of benzene rings is 1. The van der Waals surface area contributed by atoms with Crippen LogP contribution in [-0.2, 0) is 17.4 Å². The van der Waals surface area contributed by atoms with Crippen molar-refractivity contribution in [2.45, 2.75) is 19.5 Å². The van der Waals surface area contributed by atoms with E-state index in [1.54, 1.807) is 0 Å². The van der Waals surface area contributed by atoms with E-state index in [0.29, 0.717) is 6.07 Å². The van der Waals surface area contributed by atoms with Crippen molar-refractivity contribution in [2.75, 3.05) is 0 Å². The quantitative estimate of drug-likeness (QED) is 0.894. The van der Waals surface area contributed by atoms with E-state index < -0.39 is 29.4 Å². The Bertz CT molecular complexity index is 471. The van der Waals surface area contributed by atoms with Gasteiger partial charge in [-0.2, -0.15) is 13.2 Å². The third-order valence-electron chi connectivity index (χ3n) is 2.43. The summed E-state index contributed by atoms with van der Waals surface area (Å²) >= 11 is 2.91. The number of phenolic OH excluding ortho intramolecular Hbond substituents is 1. The summed E-state index contributed by atoms with van der Waals surface area (Å²) in [5.74, 6) is -2.65. The lowest BCUT2D eigenvalue weighted by atomic mass is 9.96. The first-order chi connectivity index (χ1) is 8.12. The molecule has 0 aromatic heterocycles. The van der Waals surface area contributed by atoms with Gasteiger partial charge in [0.25, 0.3) is 0 Å². The monoisotopic (exact) mass is 326 g/mol. The Balaban J connectivity index is 3.24. The first kappa shape index (κ1) is 14.8. The molecule has 0 heterocycles. The highest BCUT2D eigenvalue weighted by molar-refractivity contribution is 9.10. The van der Waals surface area contributed by atoms with Crippen molar-refractivity contribution >= 4 is 21.9 Å². The summed E-state index contributed by atoms with van der Waals surface area (Å²) in [6, 6.07) is 1.69. The van der Waals surface area contributed by atoms with Gasteiger partial charge < -0.3 is 10.2 Å². The Labute approximate surface area is 109 Å². The van der Waals surface area contributed by atoms with Gasteiger partial charge >= 0.3 is 12.1 Å². The van der Waals surface area contributed by atoms with Gasteiger partial charge in [0.15, 0.2) is 0 Å². The molecule has 1 unspecified atom stereocenters. The van der Waals surface area contributed by atoms with Gasteiger partial charge in [0.05, 0.1) is 16.0 Å². The first-order valence-electron chi connectivity index (χ1n) is 4.94. The van der Waals surface area contributed by atoms with Crippen LogP contribution in [0, 0.1) is 5.92 Å². The highest BCUT2D eigenvalue weighted by Gasteiger charge is 2.34. The van der Waals surface area contributed by atoms with Crippen molar-refractivity contribution in [2.24, 2.45) is 5.92 Å². The fourth-order valence-corrected chi connectivity index (χ4v) is 1.84. The summed E-state index contributed by atoms with van der Waals surface area (Å²) in [6.07, 6.45) is -4.89. The van der Waals surface area contributed by atoms with E-state index in [2.05, 4.69) is 15.9 Å². The number of phenols is 1. The van der Waals surface area contributed by atoms with Crippen molar-refractivity contribution < 1.29 is 28.2 Å². The Hall–Kier alpha value is -1.24. The molecule has 2 N–H and O–H groups in total. The summed E-state index contributed by atoms with van der Waals surface area (Å²) in [7, 11) is 0. The topological polar surface area (TPSA) is 57.5 Å². The summed E-state index contributed by atoms with van der Waals surface area (Å²) in [6.45, 7) is 1.32. The molecule has 0 amide bonds. The van der Waals surface area contributed by atoms with Crippen LogP contribution in [0.15, 0.2) is 16.6 Å². The molecule has 1 rings (SSSR count). The molecular weight excluding hydrogens is 317 g/mol. The molecule has 0 bridgehead atoms. The predicted molar refractivity (Wildman–Crippen MR) is 61.3 cm³/mol. The zero-order chi connectivity index (χ0) is 14.1. The van der Waals surface area contributed by atoms with Crippen LogP contribution < -0.4 is 0 Å². The maximum Gasteiger partial charge on any atom is 0.416 e. The van der Waals surface area contributed by atoms with Gasteiger partial charge in [-0.15, -0.1) is 0 Å². The summed E-state index contributed by atoms with van der Waals surface area (Å²) < 4.78 is 38.3. The highest BCUT2D eigenvalue weighted by atomic mass is 79.9. The molecule has 1 aromatic rings. The number of hydrogen-bond acceptors (Lipinski definition) is 2. The normalized spacial score (nSPS) is 13.4. The average Bonchev–Trinajstić information content (AvgIpc) is 2.21. The number of hydrogen-bond donors (Lipinski definition) is 2. The molecule has 0 aliphatic heterocycles. The number of alkyl halides is 3. The number of carboxylic acid groups (broad SMARTS) is 1. The number of aromatic hydroxyl groups is 1. The Morgan fingerprint density at radius 2 is 2.00 bits per heavy atom. The summed E-state index contributed by atoms with van der Waals surface area (Å²) in [5, 5.41) is 18.0. The molecule has 7 heteroatoms. The molecule has 0 fully saturated rings. The second kappa shape index (κ2) is 5.17. The van der Waals surface area contributed by atoms with Crippen molar-refractivity contribution in [3.8, 4) is 5.75 Å². The zero-order valence-corrected chi connectivity index (χ0v) is 10.8. The van der Waals surface area contributed by atoms with E-state index in [4.69, 9.17) is 5.11 Å². The van der Waals surface area contributed by atoms with Crippen molar-refractivity contribution in [1.29, 1.82) is 0 Å². The number of aliphatic carboxylic acids is 1. The number of rotatable bonds is 3. The number of carbonyl (C=O) groups is 1. The minimum Gasteiger partial charge on any atom is -0.507 e. The lowest BCUT2D eigenvalue weighted by Gasteiger charge is -2.15. The summed E-state index contributed by atoms with van der Waals surface area (Å²) in [4.78, 5) is 10.7. The lowest BCUT2D eigenvalue weighted by molar-refractivity contribution is -0.142. The van der Waals surface area contributed by atoms with Crippen LogP contribution in [0.5, 0.6) is 5.75 Å². The lowest BCUT2D eigenvalue weighted by Crippen LogP contribution is -2.16. The zero-order valence-electron chi connectivity index (χ0n) is 9.25. The second-order valence-corrected chi connectivity index (χ2v) is 4.76. The average molecular weight is 327 g/mol. The van der Waals surface area contributed by atoms with Gasteiger partial charge in [-0.1, -0.05) is 6.92 Å². The fraction of sp³-hybridized carbons (Fsp3) is 0.364. The SMILES string of the molecule is CC(Cc1cc(Br)c(O)cc1C(F)(F)F)C(=O)O. The van der Waals surface area contributed by atoms with E-state index in [1.807, 2.05) is 0 Å². The second-order valence-electron chi connectivity index (χ2n) is 3.90. The van der Waals surface area contributed by atoms with E-state index in [-0.39, 0.29) is 16.5 Å². The smallest absolute Gasteiger partial charge is 0.416 e.